The van der Waals surface area contributed by atoms with Crippen LogP contribution in [0.1, 0.15) is 11.3 Å². The van der Waals surface area contributed by atoms with Crippen molar-refractivity contribution in [2.75, 3.05) is 24.7 Å². The van der Waals surface area contributed by atoms with E-state index in [9.17, 15) is 9.59 Å². The molecule has 3 rings (SSSR count). The Morgan fingerprint density at radius 2 is 1.93 bits per heavy atom. The minimum absolute atomic E-state index is 0.0523. The van der Waals surface area contributed by atoms with Crippen LogP contribution in [0.2, 0.25) is 0 Å². The number of thioether (sulfide) groups is 1. The van der Waals surface area contributed by atoms with Crippen LogP contribution in [0.3, 0.4) is 0 Å². The zero-order valence-electron chi connectivity index (χ0n) is 16.6. The minimum atomic E-state index is -0.122. The highest BCUT2D eigenvalue weighted by atomic mass is 32.2. The summed E-state index contributed by atoms with van der Waals surface area (Å²) >= 11 is 2.79. The Labute approximate surface area is 184 Å². The molecule has 0 atom stereocenters. The van der Waals surface area contributed by atoms with Crippen LogP contribution in [0.25, 0.3) is 0 Å². The van der Waals surface area contributed by atoms with Crippen molar-refractivity contribution in [1.29, 1.82) is 0 Å². The van der Waals surface area contributed by atoms with Gasteiger partial charge in [0.15, 0.2) is 4.34 Å². The average Bonchev–Trinajstić information content (AvgIpc) is 3.20. The number of carbonyl (C=O) groups is 2. The smallest absolute Gasteiger partial charge is 0.234 e. The molecule has 2 N–H and O–H groups in total. The number of rotatable bonds is 10. The van der Waals surface area contributed by atoms with E-state index >= 15 is 0 Å². The van der Waals surface area contributed by atoms with Crippen LogP contribution in [0.4, 0.5) is 5.69 Å². The molecule has 0 bridgehead atoms. The van der Waals surface area contributed by atoms with E-state index in [1.807, 2.05) is 53.9 Å². The molecule has 3 aromatic rings. The van der Waals surface area contributed by atoms with E-state index in [2.05, 4.69) is 15.6 Å². The van der Waals surface area contributed by atoms with Crippen LogP contribution in [-0.2, 0) is 22.4 Å². The van der Waals surface area contributed by atoms with Gasteiger partial charge in [-0.2, -0.15) is 0 Å². The maximum Gasteiger partial charge on any atom is 0.234 e. The van der Waals surface area contributed by atoms with Crippen molar-refractivity contribution in [3.05, 3.63) is 71.2 Å². The molecule has 1 heterocycles. The zero-order valence-corrected chi connectivity index (χ0v) is 18.2. The van der Waals surface area contributed by atoms with Crippen molar-refractivity contribution in [2.45, 2.75) is 17.2 Å². The van der Waals surface area contributed by atoms with Crippen LogP contribution in [0.15, 0.2) is 64.3 Å². The van der Waals surface area contributed by atoms with Crippen LogP contribution >= 0.6 is 23.1 Å². The Bertz CT molecular complexity index is 977. The summed E-state index contributed by atoms with van der Waals surface area (Å²) < 4.78 is 5.92. The second-order valence-corrected chi connectivity index (χ2v) is 8.52. The van der Waals surface area contributed by atoms with Crippen LogP contribution in [-0.4, -0.2) is 36.2 Å². The first-order chi connectivity index (χ1) is 14.6. The van der Waals surface area contributed by atoms with Gasteiger partial charge in [-0.15, -0.1) is 11.3 Å². The number of hydrogen-bond donors (Lipinski definition) is 2. The third-order valence-electron chi connectivity index (χ3n) is 4.13. The summed E-state index contributed by atoms with van der Waals surface area (Å²) in [6.45, 7) is 0.596. The van der Waals surface area contributed by atoms with Gasteiger partial charge < -0.3 is 15.4 Å². The lowest BCUT2D eigenvalue weighted by Crippen LogP contribution is -2.27. The maximum atomic E-state index is 12.1. The second-order valence-electron chi connectivity index (χ2n) is 6.44. The molecular formula is C22H23N3O3S2. The first-order valence-electron chi connectivity index (χ1n) is 9.44. The Kier molecular flexibility index (Phi) is 8.29. The number of methoxy groups -OCH3 is 1. The van der Waals surface area contributed by atoms with Gasteiger partial charge >= 0.3 is 0 Å². The highest BCUT2D eigenvalue weighted by molar-refractivity contribution is 8.01. The lowest BCUT2D eigenvalue weighted by atomic mass is 10.1. The zero-order chi connectivity index (χ0) is 21.2. The molecule has 0 radical (unpaired) electrons. The lowest BCUT2D eigenvalue weighted by Gasteiger charge is -2.06. The molecule has 0 unspecified atom stereocenters. The van der Waals surface area contributed by atoms with Crippen molar-refractivity contribution in [3.8, 4) is 5.75 Å². The number of hydrogen-bond acceptors (Lipinski definition) is 6. The van der Waals surface area contributed by atoms with Gasteiger partial charge in [0.25, 0.3) is 0 Å². The van der Waals surface area contributed by atoms with Crippen molar-refractivity contribution in [2.24, 2.45) is 0 Å². The maximum absolute atomic E-state index is 12.1. The van der Waals surface area contributed by atoms with Crippen molar-refractivity contribution in [3.63, 3.8) is 0 Å². The third kappa shape index (κ3) is 7.20. The van der Waals surface area contributed by atoms with Crippen molar-refractivity contribution in [1.82, 2.24) is 10.3 Å². The number of aromatic nitrogens is 1. The summed E-state index contributed by atoms with van der Waals surface area (Å²) in [6.07, 6.45) is 1.04. The number of benzene rings is 2. The normalized spacial score (nSPS) is 10.4. The van der Waals surface area contributed by atoms with E-state index < -0.39 is 0 Å². The highest BCUT2D eigenvalue weighted by Crippen LogP contribution is 2.23. The third-order valence-corrected chi connectivity index (χ3v) is 6.20. The molecule has 0 saturated heterocycles. The number of nitrogens with zero attached hydrogens (tertiary/aromatic N) is 1. The number of thiazole rings is 1. The molecule has 0 aliphatic rings. The SMILES string of the molecule is COc1cccc(NC(=O)CSc2nc(CC(=O)NCCc3ccccc3)cs2)c1. The fourth-order valence-electron chi connectivity index (χ4n) is 2.68. The standard InChI is InChI=1S/C22H23N3O3S2/c1-28-19-9-5-8-17(12-19)24-21(27)15-30-22-25-18(14-29-22)13-20(26)23-11-10-16-6-3-2-4-7-16/h2-9,12,14H,10-11,13,15H2,1H3,(H,23,26)(H,24,27). The molecule has 2 amide bonds. The predicted octanol–water partition coefficient (Wildman–Crippen LogP) is 3.78. The minimum Gasteiger partial charge on any atom is -0.497 e. The molecular weight excluding hydrogens is 418 g/mol. The molecule has 8 heteroatoms. The molecule has 6 nitrogen and oxygen atoms in total. The van der Waals surface area contributed by atoms with E-state index in [1.165, 1.54) is 28.7 Å². The first-order valence-corrected chi connectivity index (χ1v) is 11.3. The summed E-state index contributed by atoms with van der Waals surface area (Å²) in [5.74, 6) is 0.757. The van der Waals surface area contributed by atoms with Gasteiger partial charge in [-0.3, -0.25) is 9.59 Å². The van der Waals surface area contributed by atoms with Gasteiger partial charge in [0.05, 0.1) is 25.0 Å². The summed E-state index contributed by atoms with van der Waals surface area (Å²) in [4.78, 5) is 28.7. The van der Waals surface area contributed by atoms with E-state index in [-0.39, 0.29) is 24.0 Å². The number of carbonyl (C=O) groups excluding carboxylic acids is 2. The fourth-order valence-corrected chi connectivity index (χ4v) is 4.32. The number of amides is 2. The van der Waals surface area contributed by atoms with Gasteiger partial charge in [-0.25, -0.2) is 4.98 Å². The Morgan fingerprint density at radius 1 is 1.10 bits per heavy atom. The topological polar surface area (TPSA) is 80.3 Å². The molecule has 0 saturated carbocycles. The van der Waals surface area contributed by atoms with Gasteiger partial charge in [-0.05, 0) is 24.1 Å². The van der Waals surface area contributed by atoms with E-state index in [4.69, 9.17) is 4.74 Å². The van der Waals surface area contributed by atoms with E-state index in [0.29, 0.717) is 23.7 Å². The van der Waals surface area contributed by atoms with Crippen molar-refractivity contribution >= 4 is 40.6 Å². The number of anilines is 1. The van der Waals surface area contributed by atoms with E-state index in [0.717, 1.165) is 10.8 Å². The quantitative estimate of drug-likeness (QED) is 0.468. The Hall–Kier alpha value is -2.84. The Balaban J connectivity index is 1.38. The molecule has 2 aromatic carbocycles. The summed E-state index contributed by atoms with van der Waals surface area (Å²) in [7, 11) is 1.58. The first kappa shape index (κ1) is 21.9. The Morgan fingerprint density at radius 3 is 2.73 bits per heavy atom. The number of ether oxygens (including phenoxy) is 1. The summed E-state index contributed by atoms with van der Waals surface area (Å²) in [5.41, 5.74) is 2.59. The highest BCUT2D eigenvalue weighted by Gasteiger charge is 2.10. The van der Waals surface area contributed by atoms with Gasteiger partial charge in [0.1, 0.15) is 5.75 Å². The average molecular weight is 442 g/mol. The monoisotopic (exact) mass is 441 g/mol. The van der Waals surface area contributed by atoms with E-state index in [1.54, 1.807) is 13.2 Å². The van der Waals surface area contributed by atoms with Gasteiger partial charge in [0, 0.05) is 23.7 Å². The van der Waals surface area contributed by atoms with Gasteiger partial charge in [0.2, 0.25) is 11.8 Å². The summed E-state index contributed by atoms with van der Waals surface area (Å²) in [5, 5.41) is 7.62. The second kappa shape index (κ2) is 11.4. The van der Waals surface area contributed by atoms with Crippen LogP contribution in [0.5, 0.6) is 5.75 Å². The lowest BCUT2D eigenvalue weighted by molar-refractivity contribution is -0.120. The molecule has 0 aliphatic heterocycles. The molecule has 1 aromatic heterocycles. The molecule has 0 spiro atoms. The molecule has 0 fully saturated rings. The molecule has 0 aliphatic carbocycles. The van der Waals surface area contributed by atoms with Crippen molar-refractivity contribution < 1.29 is 14.3 Å². The van der Waals surface area contributed by atoms with Gasteiger partial charge in [-0.1, -0.05) is 48.2 Å². The fraction of sp³-hybridized carbons (Fsp3) is 0.227. The largest absolute Gasteiger partial charge is 0.497 e. The number of nitrogens with one attached hydrogen (secondary N) is 2. The predicted molar refractivity (Wildman–Crippen MR) is 121 cm³/mol. The van der Waals surface area contributed by atoms with Crippen LogP contribution in [0, 0.1) is 0 Å². The van der Waals surface area contributed by atoms with Crippen LogP contribution < -0.4 is 15.4 Å². The molecule has 156 valence electrons. The summed E-state index contributed by atoms with van der Waals surface area (Å²) in [6, 6.07) is 17.2. The molecule has 30 heavy (non-hydrogen) atoms.